The fourth-order valence-corrected chi connectivity index (χ4v) is 2.11. The first kappa shape index (κ1) is 13.5. The Morgan fingerprint density at radius 2 is 1.79 bits per heavy atom. The van der Waals surface area contributed by atoms with E-state index in [2.05, 4.69) is 4.18 Å². The number of nitrogens with zero attached hydrogens (tertiary/aromatic N) is 1. The molecule has 8 heteroatoms. The first-order valence-electron chi connectivity index (χ1n) is 5.07. The third-order valence-electron chi connectivity index (χ3n) is 2.44. The predicted octanol–water partition coefficient (Wildman–Crippen LogP) is 1.16. The van der Waals surface area contributed by atoms with Gasteiger partial charge in [0.15, 0.2) is 11.6 Å². The Labute approximate surface area is 107 Å². The van der Waals surface area contributed by atoms with Crippen LogP contribution in [-0.4, -0.2) is 19.2 Å². The molecule has 0 radical (unpaired) electrons. The summed E-state index contributed by atoms with van der Waals surface area (Å²) in [4.78, 5) is 11.9. The van der Waals surface area contributed by atoms with Crippen molar-refractivity contribution in [3.05, 3.63) is 40.2 Å². The Balaban J connectivity index is 2.82. The van der Waals surface area contributed by atoms with E-state index in [1.165, 1.54) is 11.6 Å². The maximum atomic E-state index is 13.1. The van der Waals surface area contributed by atoms with Gasteiger partial charge in [-0.15, -0.1) is 0 Å². The van der Waals surface area contributed by atoms with E-state index < -0.39 is 32.9 Å². The highest BCUT2D eigenvalue weighted by molar-refractivity contribution is 7.86. The monoisotopic (exact) mass is 289 g/mol. The number of hydrogen-bond donors (Lipinski definition) is 0. The Bertz CT molecular complexity index is 827. The zero-order valence-corrected chi connectivity index (χ0v) is 10.8. The molecule has 1 aromatic carbocycles. The van der Waals surface area contributed by atoms with Gasteiger partial charge in [-0.1, -0.05) is 0 Å². The minimum absolute atomic E-state index is 0.129. The van der Waals surface area contributed by atoms with Crippen LogP contribution in [0.4, 0.5) is 8.78 Å². The molecule has 1 aromatic heterocycles. The van der Waals surface area contributed by atoms with Crippen molar-refractivity contribution in [1.29, 1.82) is 0 Å². The highest BCUT2D eigenvalue weighted by atomic mass is 32.2. The molecule has 0 N–H and O–H groups in total. The van der Waals surface area contributed by atoms with E-state index in [4.69, 9.17) is 0 Å². The number of benzene rings is 1. The van der Waals surface area contributed by atoms with Gasteiger partial charge in [0.1, 0.15) is 0 Å². The van der Waals surface area contributed by atoms with Crippen LogP contribution in [0.1, 0.15) is 0 Å². The maximum Gasteiger partial charge on any atom is 0.306 e. The van der Waals surface area contributed by atoms with Crippen molar-refractivity contribution in [3.8, 4) is 5.75 Å². The van der Waals surface area contributed by atoms with Crippen LogP contribution >= 0.6 is 0 Å². The topological polar surface area (TPSA) is 65.4 Å². The fourth-order valence-electron chi connectivity index (χ4n) is 1.67. The minimum Gasteiger partial charge on any atom is -0.377 e. The predicted molar refractivity (Wildman–Crippen MR) is 64.6 cm³/mol. The van der Waals surface area contributed by atoms with Crippen LogP contribution in [0.15, 0.2) is 23.1 Å². The molecular weight excluding hydrogens is 280 g/mol. The molecule has 0 bridgehead atoms. The van der Waals surface area contributed by atoms with Crippen molar-refractivity contribution in [3.63, 3.8) is 0 Å². The van der Waals surface area contributed by atoms with Gasteiger partial charge in [0.05, 0.1) is 23.4 Å². The zero-order chi connectivity index (χ0) is 14.4. The molecule has 0 spiro atoms. The fraction of sp³-hybridized carbons (Fsp3) is 0.182. The first-order chi connectivity index (χ1) is 8.69. The average Bonchev–Trinajstić information content (AvgIpc) is 2.26. The van der Waals surface area contributed by atoms with Crippen molar-refractivity contribution in [2.45, 2.75) is 0 Å². The SMILES string of the molecule is Cn1cc(OS(C)(=O)=O)c(=O)c2cc(F)c(F)cc21. The summed E-state index contributed by atoms with van der Waals surface area (Å²) in [6.07, 6.45) is 1.88. The minimum atomic E-state index is -3.88. The molecule has 0 unspecified atom stereocenters. The molecule has 0 saturated heterocycles. The quantitative estimate of drug-likeness (QED) is 0.778. The molecule has 0 fully saturated rings. The smallest absolute Gasteiger partial charge is 0.306 e. The van der Waals surface area contributed by atoms with Gasteiger partial charge >= 0.3 is 10.1 Å². The highest BCUT2D eigenvalue weighted by Crippen LogP contribution is 2.18. The molecule has 0 aliphatic rings. The molecule has 102 valence electrons. The van der Waals surface area contributed by atoms with Gasteiger partial charge < -0.3 is 8.75 Å². The van der Waals surface area contributed by atoms with Crippen LogP contribution in [0.5, 0.6) is 5.75 Å². The van der Waals surface area contributed by atoms with Crippen LogP contribution < -0.4 is 9.61 Å². The van der Waals surface area contributed by atoms with Crippen LogP contribution in [0, 0.1) is 11.6 Å². The van der Waals surface area contributed by atoms with E-state index in [1.807, 2.05) is 0 Å². The number of hydrogen-bond acceptors (Lipinski definition) is 4. The van der Waals surface area contributed by atoms with E-state index in [9.17, 15) is 22.0 Å². The summed E-state index contributed by atoms with van der Waals surface area (Å²) in [5, 5.41) is -0.164. The van der Waals surface area contributed by atoms with Gasteiger partial charge in [-0.25, -0.2) is 8.78 Å². The maximum absolute atomic E-state index is 13.1. The van der Waals surface area contributed by atoms with Crippen molar-refractivity contribution >= 4 is 21.0 Å². The van der Waals surface area contributed by atoms with Gasteiger partial charge in [-0.05, 0) is 6.07 Å². The lowest BCUT2D eigenvalue weighted by Gasteiger charge is -2.09. The lowest BCUT2D eigenvalue weighted by atomic mass is 10.2. The van der Waals surface area contributed by atoms with Gasteiger partial charge in [-0.3, -0.25) is 4.79 Å². The Kier molecular flexibility index (Phi) is 3.05. The number of pyridine rings is 1. The normalized spacial score (nSPS) is 11.8. The number of fused-ring (bicyclic) bond motifs is 1. The first-order valence-corrected chi connectivity index (χ1v) is 6.88. The lowest BCUT2D eigenvalue weighted by molar-refractivity contribution is 0.488. The molecule has 5 nitrogen and oxygen atoms in total. The molecule has 0 aliphatic carbocycles. The largest absolute Gasteiger partial charge is 0.377 e. The second-order valence-electron chi connectivity index (χ2n) is 4.00. The van der Waals surface area contributed by atoms with E-state index in [0.29, 0.717) is 6.07 Å². The summed E-state index contributed by atoms with van der Waals surface area (Å²) in [7, 11) is -2.43. The standard InChI is InChI=1S/C11H9F2NO4S/c1-14-5-10(18-19(2,16)17)11(15)6-3-7(12)8(13)4-9(6)14/h3-5H,1-2H3. The van der Waals surface area contributed by atoms with Crippen molar-refractivity contribution in [1.82, 2.24) is 4.57 Å². The van der Waals surface area contributed by atoms with Crippen molar-refractivity contribution in [2.24, 2.45) is 7.05 Å². The van der Waals surface area contributed by atoms with E-state index in [1.54, 1.807) is 0 Å². The lowest BCUT2D eigenvalue weighted by Crippen LogP contribution is -2.16. The summed E-state index contributed by atoms with van der Waals surface area (Å²) < 4.78 is 54.1. The molecule has 0 aliphatic heterocycles. The van der Waals surface area contributed by atoms with Gasteiger partial charge in [-0.2, -0.15) is 8.42 Å². The summed E-state index contributed by atoms with van der Waals surface area (Å²) in [5.74, 6) is -2.76. The van der Waals surface area contributed by atoms with Crippen LogP contribution in [0.3, 0.4) is 0 Å². The summed E-state index contributed by atoms with van der Waals surface area (Å²) in [6, 6.07) is 1.57. The highest BCUT2D eigenvalue weighted by Gasteiger charge is 2.15. The number of rotatable bonds is 2. The van der Waals surface area contributed by atoms with E-state index in [-0.39, 0.29) is 10.9 Å². The zero-order valence-electron chi connectivity index (χ0n) is 9.98. The summed E-state index contributed by atoms with van der Waals surface area (Å²) in [6.45, 7) is 0. The molecule has 19 heavy (non-hydrogen) atoms. The second kappa shape index (κ2) is 4.30. The molecule has 2 rings (SSSR count). The Morgan fingerprint density at radius 3 is 2.37 bits per heavy atom. The molecule has 0 amide bonds. The Morgan fingerprint density at radius 1 is 1.21 bits per heavy atom. The second-order valence-corrected chi connectivity index (χ2v) is 5.58. The number of aromatic nitrogens is 1. The molecule has 0 saturated carbocycles. The molecule has 2 aromatic rings. The van der Waals surface area contributed by atoms with Crippen molar-refractivity contribution < 1.29 is 21.4 Å². The molecule has 0 atom stereocenters. The summed E-state index contributed by atoms with van der Waals surface area (Å²) >= 11 is 0. The van der Waals surface area contributed by atoms with Crippen LogP contribution in [0.2, 0.25) is 0 Å². The van der Waals surface area contributed by atoms with Gasteiger partial charge in [0.25, 0.3) is 0 Å². The number of halogens is 2. The average molecular weight is 289 g/mol. The Hall–Kier alpha value is -1.96. The molecule has 1 heterocycles. The summed E-state index contributed by atoms with van der Waals surface area (Å²) in [5.41, 5.74) is -0.692. The van der Waals surface area contributed by atoms with E-state index in [0.717, 1.165) is 18.5 Å². The molecular formula is C11H9F2NO4S. The van der Waals surface area contributed by atoms with Crippen LogP contribution in [-0.2, 0) is 17.2 Å². The third-order valence-corrected chi connectivity index (χ3v) is 2.92. The van der Waals surface area contributed by atoms with Crippen molar-refractivity contribution in [2.75, 3.05) is 6.26 Å². The third kappa shape index (κ3) is 2.58. The number of aryl methyl sites for hydroxylation is 1. The van der Waals surface area contributed by atoms with Gasteiger partial charge in [0, 0.05) is 13.1 Å². The van der Waals surface area contributed by atoms with E-state index >= 15 is 0 Å². The van der Waals surface area contributed by atoms with Crippen LogP contribution in [0.25, 0.3) is 10.9 Å². The van der Waals surface area contributed by atoms with Gasteiger partial charge in [0.2, 0.25) is 11.2 Å².